The Morgan fingerprint density at radius 2 is 1.60 bits per heavy atom. The van der Waals surface area contributed by atoms with E-state index in [4.69, 9.17) is 0 Å². The first kappa shape index (κ1) is 19.3. The summed E-state index contributed by atoms with van der Waals surface area (Å²) in [7, 11) is 0. The Kier molecular flexibility index (Phi) is 5.56. The van der Waals surface area contributed by atoms with Crippen molar-refractivity contribution in [1.29, 1.82) is 0 Å². The molecule has 1 fully saturated rings. The van der Waals surface area contributed by atoms with Gasteiger partial charge in [0, 0.05) is 45.0 Å². The Morgan fingerprint density at radius 3 is 2.43 bits per heavy atom. The third kappa shape index (κ3) is 4.00. The van der Waals surface area contributed by atoms with Crippen LogP contribution in [-0.2, 0) is 13.0 Å². The first-order chi connectivity index (χ1) is 14.8. The second kappa shape index (κ2) is 8.62. The zero-order valence-corrected chi connectivity index (χ0v) is 18.0. The van der Waals surface area contributed by atoms with E-state index in [9.17, 15) is 4.79 Å². The number of anilines is 2. The van der Waals surface area contributed by atoms with Crippen molar-refractivity contribution >= 4 is 27.9 Å². The number of carbonyl (C=O) groups is 1. The summed E-state index contributed by atoms with van der Waals surface area (Å²) in [5, 5.41) is 1.17. The highest BCUT2D eigenvalue weighted by Gasteiger charge is 2.25. The van der Waals surface area contributed by atoms with Crippen molar-refractivity contribution in [3.05, 3.63) is 82.7 Å². The Morgan fingerprint density at radius 1 is 0.833 bits per heavy atom. The molecule has 0 saturated carbocycles. The minimum absolute atomic E-state index is 0.177. The first-order valence-corrected chi connectivity index (χ1v) is 11.6. The van der Waals surface area contributed by atoms with Gasteiger partial charge in [0.2, 0.25) is 0 Å². The van der Waals surface area contributed by atoms with Crippen molar-refractivity contribution in [1.82, 2.24) is 9.80 Å². The van der Waals surface area contributed by atoms with Crippen LogP contribution in [0, 0.1) is 0 Å². The van der Waals surface area contributed by atoms with Crippen molar-refractivity contribution in [3.8, 4) is 0 Å². The highest BCUT2D eigenvalue weighted by atomic mass is 32.1. The van der Waals surface area contributed by atoms with Crippen molar-refractivity contribution in [2.45, 2.75) is 19.4 Å². The van der Waals surface area contributed by atoms with Crippen LogP contribution in [0.25, 0.3) is 0 Å². The van der Waals surface area contributed by atoms with Crippen LogP contribution in [0.4, 0.5) is 10.7 Å². The number of amides is 1. The smallest absolute Gasteiger partial charge is 0.264 e. The number of aryl methyl sites for hydroxylation is 1. The molecule has 3 heterocycles. The summed E-state index contributed by atoms with van der Waals surface area (Å²) in [4.78, 5) is 20.8. The number of fused-ring (bicyclic) bond motifs is 1. The lowest BCUT2D eigenvalue weighted by Crippen LogP contribution is -2.48. The maximum atomic E-state index is 13.1. The lowest BCUT2D eigenvalue weighted by Gasteiger charge is -2.34. The van der Waals surface area contributed by atoms with E-state index >= 15 is 0 Å². The van der Waals surface area contributed by atoms with Crippen LogP contribution in [-0.4, -0.2) is 48.4 Å². The fourth-order valence-electron chi connectivity index (χ4n) is 4.46. The van der Waals surface area contributed by atoms with Crippen LogP contribution >= 0.6 is 11.3 Å². The van der Waals surface area contributed by atoms with Crippen LogP contribution < -0.4 is 4.90 Å². The zero-order chi connectivity index (χ0) is 20.3. The third-order valence-electron chi connectivity index (χ3n) is 6.09. The quantitative estimate of drug-likeness (QED) is 0.611. The topological polar surface area (TPSA) is 26.8 Å². The van der Waals surface area contributed by atoms with Crippen LogP contribution in [0.5, 0.6) is 0 Å². The van der Waals surface area contributed by atoms with Crippen LogP contribution in [0.2, 0.25) is 0 Å². The molecule has 154 valence electrons. The van der Waals surface area contributed by atoms with E-state index in [2.05, 4.69) is 70.5 Å². The van der Waals surface area contributed by atoms with Crippen LogP contribution in [0.3, 0.4) is 0 Å². The van der Waals surface area contributed by atoms with Gasteiger partial charge in [-0.25, -0.2) is 0 Å². The summed E-state index contributed by atoms with van der Waals surface area (Å²) in [6.07, 6.45) is 2.29. The highest BCUT2D eigenvalue weighted by Crippen LogP contribution is 2.37. The molecule has 0 radical (unpaired) electrons. The summed E-state index contributed by atoms with van der Waals surface area (Å²) in [6, 6.07) is 23.3. The van der Waals surface area contributed by atoms with Gasteiger partial charge in [-0.2, -0.15) is 0 Å². The van der Waals surface area contributed by atoms with Gasteiger partial charge in [0.15, 0.2) is 0 Å². The standard InChI is InChI=1S/C25H27N3OS/c29-25(27-17-15-26(16-18-27)19-20-7-2-1-3-8-20)23-12-13-24(30-23)28-14-6-10-21-9-4-5-11-22(21)28/h1-5,7-9,11-13H,6,10,14-19H2. The average molecular weight is 418 g/mol. The molecular formula is C25H27N3OS. The van der Waals surface area contributed by atoms with Crippen LogP contribution in [0.1, 0.15) is 27.2 Å². The fourth-order valence-corrected chi connectivity index (χ4v) is 5.47. The van der Waals surface area contributed by atoms with E-state index in [1.165, 1.54) is 21.8 Å². The molecule has 2 aromatic carbocycles. The maximum Gasteiger partial charge on any atom is 0.264 e. The normalized spacial score (nSPS) is 17.1. The lowest BCUT2D eigenvalue weighted by atomic mass is 10.0. The van der Waals surface area contributed by atoms with Gasteiger partial charge in [-0.3, -0.25) is 9.69 Å². The monoisotopic (exact) mass is 417 g/mol. The molecule has 30 heavy (non-hydrogen) atoms. The van der Waals surface area contributed by atoms with E-state index in [-0.39, 0.29) is 5.91 Å². The van der Waals surface area contributed by atoms with E-state index in [0.29, 0.717) is 0 Å². The van der Waals surface area contributed by atoms with Gasteiger partial charge in [0.05, 0.1) is 9.88 Å². The fraction of sp³-hybridized carbons (Fsp3) is 0.320. The summed E-state index contributed by atoms with van der Waals surface area (Å²) in [6.45, 7) is 5.43. The molecule has 1 amide bonds. The van der Waals surface area contributed by atoms with E-state index < -0.39 is 0 Å². The summed E-state index contributed by atoms with van der Waals surface area (Å²) < 4.78 is 0. The van der Waals surface area contributed by atoms with Gasteiger partial charge in [-0.15, -0.1) is 11.3 Å². The summed E-state index contributed by atoms with van der Waals surface area (Å²) in [5.74, 6) is 0.177. The Bertz CT molecular complexity index is 1010. The third-order valence-corrected chi connectivity index (χ3v) is 7.18. The largest absolute Gasteiger partial charge is 0.335 e. The second-order valence-corrected chi connectivity index (χ2v) is 9.14. The number of hydrogen-bond donors (Lipinski definition) is 0. The molecule has 0 bridgehead atoms. The average Bonchev–Trinajstić information content (AvgIpc) is 3.29. The predicted molar refractivity (Wildman–Crippen MR) is 124 cm³/mol. The molecule has 5 rings (SSSR count). The van der Waals surface area contributed by atoms with Crippen molar-refractivity contribution < 1.29 is 4.79 Å². The molecule has 4 nitrogen and oxygen atoms in total. The van der Waals surface area contributed by atoms with Gasteiger partial charge in [0.1, 0.15) is 0 Å². The van der Waals surface area contributed by atoms with Crippen LogP contribution in [0.15, 0.2) is 66.7 Å². The van der Waals surface area contributed by atoms with Gasteiger partial charge < -0.3 is 9.80 Å². The highest BCUT2D eigenvalue weighted by molar-refractivity contribution is 7.18. The van der Waals surface area contributed by atoms with Gasteiger partial charge in [0.25, 0.3) is 5.91 Å². The van der Waals surface area contributed by atoms with Crippen molar-refractivity contribution in [2.24, 2.45) is 0 Å². The number of carbonyl (C=O) groups excluding carboxylic acids is 1. The summed E-state index contributed by atoms with van der Waals surface area (Å²) in [5.41, 5.74) is 4.03. The SMILES string of the molecule is O=C(c1ccc(N2CCCc3ccccc32)s1)N1CCN(Cc2ccccc2)CC1. The molecule has 0 aliphatic carbocycles. The number of benzene rings is 2. The molecular weight excluding hydrogens is 390 g/mol. The number of nitrogens with zero attached hydrogens (tertiary/aromatic N) is 3. The van der Waals surface area contributed by atoms with E-state index in [0.717, 1.165) is 57.0 Å². The van der Waals surface area contributed by atoms with Gasteiger partial charge in [-0.05, 0) is 42.2 Å². The predicted octanol–water partition coefficient (Wildman–Crippen LogP) is 4.79. The van der Waals surface area contributed by atoms with Gasteiger partial charge in [-0.1, -0.05) is 48.5 Å². The minimum atomic E-state index is 0.177. The number of thiophene rings is 1. The number of rotatable bonds is 4. The van der Waals surface area contributed by atoms with Crippen molar-refractivity contribution in [2.75, 3.05) is 37.6 Å². The Labute approximate surface area is 182 Å². The van der Waals surface area contributed by atoms with E-state index in [1.54, 1.807) is 11.3 Å². The molecule has 2 aliphatic rings. The molecule has 3 aromatic rings. The Hall–Kier alpha value is -2.63. The molecule has 0 unspecified atom stereocenters. The minimum Gasteiger partial charge on any atom is -0.335 e. The number of hydrogen-bond acceptors (Lipinski definition) is 4. The van der Waals surface area contributed by atoms with Gasteiger partial charge >= 0.3 is 0 Å². The van der Waals surface area contributed by atoms with E-state index in [1.807, 2.05) is 11.0 Å². The molecule has 1 aromatic heterocycles. The van der Waals surface area contributed by atoms with Crippen molar-refractivity contribution in [3.63, 3.8) is 0 Å². The molecule has 0 N–H and O–H groups in total. The molecule has 2 aliphatic heterocycles. The second-order valence-electron chi connectivity index (χ2n) is 8.08. The molecule has 0 spiro atoms. The number of para-hydroxylation sites is 1. The summed E-state index contributed by atoms with van der Waals surface area (Å²) >= 11 is 1.63. The Balaban J connectivity index is 1.23. The molecule has 0 atom stereocenters. The zero-order valence-electron chi connectivity index (χ0n) is 17.2. The molecule has 5 heteroatoms. The number of piperazine rings is 1. The first-order valence-electron chi connectivity index (χ1n) is 10.8. The lowest BCUT2D eigenvalue weighted by molar-refractivity contribution is 0.0633. The maximum absolute atomic E-state index is 13.1. The molecule has 1 saturated heterocycles.